The zero-order chi connectivity index (χ0) is 19.8. The lowest BCUT2D eigenvalue weighted by Crippen LogP contribution is -2.16. The minimum Gasteiger partial charge on any atom is -0.482 e. The van der Waals surface area contributed by atoms with Gasteiger partial charge in [0.15, 0.2) is 6.61 Å². The highest BCUT2D eigenvalue weighted by molar-refractivity contribution is 6.13. The summed E-state index contributed by atoms with van der Waals surface area (Å²) in [6, 6.07) is 3.49. The molecular weight excluding hydrogens is 370 g/mol. The first kappa shape index (κ1) is 21.3. The molecule has 1 aromatic heterocycles. The van der Waals surface area contributed by atoms with Crippen molar-refractivity contribution in [3.05, 3.63) is 39.2 Å². The summed E-state index contributed by atoms with van der Waals surface area (Å²) in [4.78, 5) is 26.6. The van der Waals surface area contributed by atoms with Gasteiger partial charge in [-0.05, 0) is 55.2 Å². The molecule has 7 heteroatoms. The number of aryl methyl sites for hydroxylation is 1. The molecule has 0 aliphatic rings. The monoisotopic (exact) mass is 395 g/mol. The third kappa shape index (κ3) is 5.47. The Hall–Kier alpha value is -2.05. The number of fused-ring (bicyclic) bond motifs is 1. The average Bonchev–Trinajstić information content (AvgIpc) is 2.64. The Morgan fingerprint density at radius 3 is 2.74 bits per heavy atom. The molecule has 2 aromatic rings. The molecule has 0 amide bonds. The summed E-state index contributed by atoms with van der Waals surface area (Å²) >= 11 is 5.61. The minimum atomic E-state index is -0.425. The van der Waals surface area contributed by atoms with E-state index in [9.17, 15) is 9.59 Å². The van der Waals surface area contributed by atoms with Crippen LogP contribution in [0.5, 0.6) is 5.75 Å². The van der Waals surface area contributed by atoms with Crippen molar-refractivity contribution >= 4 is 28.7 Å². The highest BCUT2D eigenvalue weighted by atomic mass is 35.5. The summed E-state index contributed by atoms with van der Waals surface area (Å²) in [6.07, 6.45) is 2.99. The summed E-state index contributed by atoms with van der Waals surface area (Å²) in [5.74, 6) is 0.0257. The zero-order valence-electron chi connectivity index (χ0n) is 16.0. The fourth-order valence-electron chi connectivity index (χ4n) is 3.00. The molecule has 0 saturated carbocycles. The zero-order valence-corrected chi connectivity index (χ0v) is 16.8. The van der Waals surface area contributed by atoms with Gasteiger partial charge in [-0.1, -0.05) is 20.3 Å². The minimum absolute atomic E-state index is 0.196. The molecule has 1 aromatic carbocycles. The second-order valence-corrected chi connectivity index (χ2v) is 6.57. The van der Waals surface area contributed by atoms with Gasteiger partial charge < -0.3 is 13.9 Å². The number of nitrogens with one attached hydrogen (secondary N) is 1. The fraction of sp³-hybridized carbons (Fsp3) is 0.500. The molecule has 6 nitrogen and oxygen atoms in total. The predicted molar refractivity (Wildman–Crippen MR) is 106 cm³/mol. The van der Waals surface area contributed by atoms with Crippen LogP contribution in [0, 0.1) is 6.92 Å². The topological polar surface area (TPSA) is 77.8 Å². The number of esters is 1. The highest BCUT2D eigenvalue weighted by Crippen LogP contribution is 2.29. The van der Waals surface area contributed by atoms with E-state index < -0.39 is 5.97 Å². The molecule has 0 unspecified atom stereocenters. The Morgan fingerprint density at radius 2 is 2.07 bits per heavy atom. The van der Waals surface area contributed by atoms with Crippen molar-refractivity contribution in [3.63, 3.8) is 0 Å². The third-order valence-electron chi connectivity index (χ3n) is 4.39. The van der Waals surface area contributed by atoms with E-state index in [0.717, 1.165) is 29.4 Å². The number of carbonyl (C=O) groups excluding carboxylic acids is 1. The smallest absolute Gasteiger partial charge is 0.344 e. The van der Waals surface area contributed by atoms with E-state index >= 15 is 0 Å². The van der Waals surface area contributed by atoms with E-state index in [0.29, 0.717) is 42.9 Å². The van der Waals surface area contributed by atoms with Gasteiger partial charge in [-0.3, -0.25) is 0 Å². The van der Waals surface area contributed by atoms with Gasteiger partial charge in [-0.2, -0.15) is 0 Å². The highest BCUT2D eigenvalue weighted by Gasteiger charge is 2.15. The molecule has 0 atom stereocenters. The predicted octanol–water partition coefficient (Wildman–Crippen LogP) is 3.67. The summed E-state index contributed by atoms with van der Waals surface area (Å²) in [7, 11) is 0. The molecule has 0 aliphatic heterocycles. The number of hydrogen-bond donors (Lipinski definition) is 1. The normalized spacial score (nSPS) is 11.0. The molecule has 0 bridgehead atoms. The quantitative estimate of drug-likeness (QED) is 0.286. The van der Waals surface area contributed by atoms with Gasteiger partial charge in [-0.25, -0.2) is 14.4 Å². The Kier molecular flexibility index (Phi) is 8.13. The maximum atomic E-state index is 12.2. The number of ether oxygens (including phenoxy) is 2. The number of unbranched alkanes of at least 4 members (excludes halogenated alkanes) is 1. The second kappa shape index (κ2) is 10.3. The molecular formula is C20H26ClNO5. The molecule has 0 fully saturated rings. The lowest BCUT2D eigenvalue weighted by Gasteiger charge is -2.14. The summed E-state index contributed by atoms with van der Waals surface area (Å²) < 4.78 is 16.2. The molecule has 2 rings (SSSR count). The number of carbonyl (C=O) groups is 1. The molecule has 1 heterocycles. The van der Waals surface area contributed by atoms with Gasteiger partial charge in [0.25, 0.3) is 0 Å². The van der Waals surface area contributed by atoms with Crippen LogP contribution in [0.3, 0.4) is 0 Å². The van der Waals surface area contributed by atoms with Crippen molar-refractivity contribution in [2.45, 2.75) is 46.5 Å². The summed E-state index contributed by atoms with van der Waals surface area (Å²) in [5, 5.41) is 0.885. The van der Waals surface area contributed by atoms with Gasteiger partial charge >= 0.3 is 11.6 Å². The number of hydrogen-bond acceptors (Lipinski definition) is 6. The van der Waals surface area contributed by atoms with E-state index in [2.05, 4.69) is 4.84 Å². The number of rotatable bonds is 10. The second-order valence-electron chi connectivity index (χ2n) is 6.30. The van der Waals surface area contributed by atoms with Crippen LogP contribution in [0.2, 0.25) is 0 Å². The van der Waals surface area contributed by atoms with Gasteiger partial charge in [0.05, 0.1) is 6.61 Å². The molecule has 0 aliphatic carbocycles. The van der Waals surface area contributed by atoms with Gasteiger partial charge in [-0.15, -0.1) is 0 Å². The van der Waals surface area contributed by atoms with Crippen LogP contribution in [-0.4, -0.2) is 25.7 Å². The Labute approximate surface area is 163 Å². The van der Waals surface area contributed by atoms with E-state index in [-0.39, 0.29) is 12.2 Å². The van der Waals surface area contributed by atoms with Crippen molar-refractivity contribution in [1.82, 2.24) is 4.84 Å². The van der Waals surface area contributed by atoms with Crippen molar-refractivity contribution < 1.29 is 18.7 Å². The molecule has 0 spiro atoms. The lowest BCUT2D eigenvalue weighted by atomic mass is 9.98. The van der Waals surface area contributed by atoms with Gasteiger partial charge in [0.1, 0.15) is 11.3 Å². The van der Waals surface area contributed by atoms with Gasteiger partial charge in [0, 0.05) is 23.6 Å². The van der Waals surface area contributed by atoms with E-state index in [4.69, 9.17) is 25.7 Å². The van der Waals surface area contributed by atoms with Crippen LogP contribution >= 0.6 is 11.8 Å². The van der Waals surface area contributed by atoms with Crippen molar-refractivity contribution in [2.75, 3.05) is 19.8 Å². The van der Waals surface area contributed by atoms with Crippen LogP contribution in [-0.2, 0) is 22.4 Å². The van der Waals surface area contributed by atoms with E-state index in [1.165, 1.54) is 0 Å². The average molecular weight is 396 g/mol. The van der Waals surface area contributed by atoms with E-state index in [1.807, 2.05) is 26.8 Å². The van der Waals surface area contributed by atoms with Crippen LogP contribution in [0.1, 0.15) is 43.4 Å². The van der Waals surface area contributed by atoms with Crippen LogP contribution in [0.25, 0.3) is 11.0 Å². The van der Waals surface area contributed by atoms with Crippen LogP contribution in [0.4, 0.5) is 0 Å². The van der Waals surface area contributed by atoms with Crippen molar-refractivity contribution in [2.24, 2.45) is 0 Å². The maximum absolute atomic E-state index is 12.2. The first-order valence-corrected chi connectivity index (χ1v) is 9.60. The molecule has 148 valence electrons. The summed E-state index contributed by atoms with van der Waals surface area (Å²) in [5.41, 5.74) is 2.59. The Bertz CT molecular complexity index is 846. The van der Waals surface area contributed by atoms with Crippen molar-refractivity contribution in [3.8, 4) is 5.75 Å². The Balaban J connectivity index is 2.33. The Morgan fingerprint density at radius 1 is 1.30 bits per heavy atom. The fourth-order valence-corrected chi connectivity index (χ4v) is 3.10. The van der Waals surface area contributed by atoms with E-state index in [1.54, 1.807) is 6.07 Å². The summed E-state index contributed by atoms with van der Waals surface area (Å²) in [6.45, 7) is 6.60. The van der Waals surface area contributed by atoms with Crippen LogP contribution < -0.4 is 15.2 Å². The van der Waals surface area contributed by atoms with Crippen molar-refractivity contribution in [1.29, 1.82) is 0 Å². The number of benzene rings is 1. The lowest BCUT2D eigenvalue weighted by molar-refractivity contribution is -0.146. The molecule has 27 heavy (non-hydrogen) atoms. The molecule has 0 radical (unpaired) electrons. The number of halogens is 1. The SMILES string of the molecule is CCCCOC(=O)COc1cc(CCNCl)c2c(C)c(CC)c(=O)oc2c1. The third-order valence-corrected chi connectivity index (χ3v) is 4.58. The molecule has 1 N–H and O–H groups in total. The molecule has 0 saturated heterocycles. The van der Waals surface area contributed by atoms with Gasteiger partial charge in [0.2, 0.25) is 0 Å². The largest absolute Gasteiger partial charge is 0.482 e. The maximum Gasteiger partial charge on any atom is 0.344 e. The first-order chi connectivity index (χ1) is 13.0. The standard InChI is InChI=1S/C20H26ClNO5/c1-4-6-9-25-18(23)12-26-15-10-14(7-8-22-21)19-13(3)16(5-2)20(24)27-17(19)11-15/h10-11,22H,4-9,12H2,1-3H3. The first-order valence-electron chi connectivity index (χ1n) is 9.22. The van der Waals surface area contributed by atoms with Crippen LogP contribution in [0.15, 0.2) is 21.3 Å².